The molecule has 0 aliphatic carbocycles. The van der Waals surface area contributed by atoms with Gasteiger partial charge in [-0.25, -0.2) is 9.98 Å². The van der Waals surface area contributed by atoms with Crippen LogP contribution in [0.5, 0.6) is 0 Å². The lowest BCUT2D eigenvalue weighted by Gasteiger charge is -1.84. The minimum atomic E-state index is 0.410. The number of hydrogen-bond donors (Lipinski definition) is 1. The van der Waals surface area contributed by atoms with Crippen LogP contribution in [0.3, 0.4) is 0 Å². The maximum Gasteiger partial charge on any atom is 0.231 e. The summed E-state index contributed by atoms with van der Waals surface area (Å²) in [7, 11) is 0. The average Bonchev–Trinajstić information content (AvgIpc) is 2.19. The zero-order valence-electron chi connectivity index (χ0n) is 4.13. The van der Waals surface area contributed by atoms with Crippen LogP contribution in [-0.4, -0.2) is 18.7 Å². The largest absolute Gasteiger partial charge is 0.261 e. The van der Waals surface area contributed by atoms with Gasteiger partial charge in [-0.2, -0.15) is 5.26 Å². The molecule has 0 fully saturated rings. The molecule has 1 heterocycles. The van der Waals surface area contributed by atoms with Crippen LogP contribution in [0.25, 0.3) is 0 Å². The molecular weight excluding hydrogens is 104 g/mol. The maximum atomic E-state index is 8.01. The van der Waals surface area contributed by atoms with Crippen LogP contribution in [0, 0.1) is 11.5 Å². The molecular formula is C4H4N4. The molecule has 1 N–H and O–H groups in total. The van der Waals surface area contributed by atoms with Crippen LogP contribution in [0.4, 0.5) is 0 Å². The van der Waals surface area contributed by atoms with E-state index in [4.69, 9.17) is 5.26 Å². The SMILES string of the molecule is N#CNC1=NCC=N1. The van der Waals surface area contributed by atoms with Gasteiger partial charge in [-0.3, -0.25) is 5.32 Å². The van der Waals surface area contributed by atoms with E-state index in [9.17, 15) is 0 Å². The third-order valence-electron chi connectivity index (χ3n) is 0.704. The van der Waals surface area contributed by atoms with E-state index in [-0.39, 0.29) is 0 Å². The predicted octanol–water partition coefficient (Wildman–Crippen LogP) is -0.503. The minimum absolute atomic E-state index is 0.410. The van der Waals surface area contributed by atoms with E-state index in [0.717, 1.165) is 0 Å². The summed E-state index contributed by atoms with van der Waals surface area (Å²) in [5, 5.41) is 10.3. The molecule has 0 aromatic rings. The number of aliphatic imine (C=N–C) groups is 2. The Morgan fingerprint density at radius 3 is 3.25 bits per heavy atom. The normalized spacial score (nSPS) is 15.1. The molecule has 4 heteroatoms. The first-order valence-corrected chi connectivity index (χ1v) is 2.15. The fraction of sp³-hybridized carbons (Fsp3) is 0.250. The first-order valence-electron chi connectivity index (χ1n) is 2.15. The van der Waals surface area contributed by atoms with Crippen LogP contribution in [-0.2, 0) is 0 Å². The number of guanidine groups is 1. The summed E-state index contributed by atoms with van der Waals surface area (Å²) >= 11 is 0. The van der Waals surface area contributed by atoms with Crippen LogP contribution < -0.4 is 5.32 Å². The van der Waals surface area contributed by atoms with Crippen LogP contribution >= 0.6 is 0 Å². The van der Waals surface area contributed by atoms with Gasteiger partial charge in [0.05, 0.1) is 6.54 Å². The number of nitrogens with one attached hydrogen (secondary N) is 1. The molecule has 0 spiro atoms. The maximum absolute atomic E-state index is 8.01. The van der Waals surface area contributed by atoms with Gasteiger partial charge in [0.25, 0.3) is 0 Å². The lowest BCUT2D eigenvalue weighted by molar-refractivity contribution is 1.21. The van der Waals surface area contributed by atoms with Crippen LogP contribution in [0.1, 0.15) is 0 Å². The summed E-state index contributed by atoms with van der Waals surface area (Å²) in [6, 6.07) is 0. The van der Waals surface area contributed by atoms with Gasteiger partial charge < -0.3 is 0 Å². The van der Waals surface area contributed by atoms with Crippen molar-refractivity contribution in [1.82, 2.24) is 5.32 Å². The number of hydrogen-bond acceptors (Lipinski definition) is 4. The smallest absolute Gasteiger partial charge is 0.231 e. The van der Waals surface area contributed by atoms with Crippen LogP contribution in [0.15, 0.2) is 9.98 Å². The molecule has 0 saturated heterocycles. The molecule has 1 aliphatic rings. The molecule has 0 aromatic heterocycles. The Kier molecular flexibility index (Phi) is 1.24. The van der Waals surface area contributed by atoms with E-state index in [2.05, 4.69) is 15.3 Å². The second kappa shape index (κ2) is 2.07. The first-order chi connectivity index (χ1) is 3.93. The molecule has 8 heavy (non-hydrogen) atoms. The Morgan fingerprint density at radius 2 is 2.75 bits per heavy atom. The van der Waals surface area contributed by atoms with Crippen molar-refractivity contribution in [2.24, 2.45) is 9.98 Å². The average molecular weight is 108 g/mol. The van der Waals surface area contributed by atoms with Crippen molar-refractivity contribution in [2.45, 2.75) is 0 Å². The number of nitrogens with zero attached hydrogens (tertiary/aromatic N) is 3. The molecule has 0 amide bonds. The van der Waals surface area contributed by atoms with Crippen molar-refractivity contribution in [3.63, 3.8) is 0 Å². The van der Waals surface area contributed by atoms with Gasteiger partial charge in [0.15, 0.2) is 6.19 Å². The van der Waals surface area contributed by atoms with Gasteiger partial charge in [-0.05, 0) is 0 Å². The van der Waals surface area contributed by atoms with Crippen molar-refractivity contribution in [3.8, 4) is 6.19 Å². The number of rotatable bonds is 0. The van der Waals surface area contributed by atoms with Gasteiger partial charge in [0, 0.05) is 6.21 Å². The molecule has 1 rings (SSSR count). The van der Waals surface area contributed by atoms with Crippen molar-refractivity contribution >= 4 is 12.2 Å². The first kappa shape index (κ1) is 4.78. The van der Waals surface area contributed by atoms with Gasteiger partial charge in [-0.1, -0.05) is 0 Å². The van der Waals surface area contributed by atoms with Gasteiger partial charge >= 0.3 is 0 Å². The summed E-state index contributed by atoms with van der Waals surface area (Å²) in [6.45, 7) is 0.587. The molecule has 40 valence electrons. The third-order valence-corrected chi connectivity index (χ3v) is 0.704. The second-order valence-corrected chi connectivity index (χ2v) is 1.21. The molecule has 0 radical (unpaired) electrons. The molecule has 0 bridgehead atoms. The fourth-order valence-electron chi connectivity index (χ4n) is 0.417. The Morgan fingerprint density at radius 1 is 1.88 bits per heavy atom. The summed E-state index contributed by atoms with van der Waals surface area (Å²) in [6.07, 6.45) is 3.35. The van der Waals surface area contributed by atoms with E-state index in [0.29, 0.717) is 12.5 Å². The standard InChI is InChI=1S/C4H4N4/c5-3-8-4-6-1-2-7-4/h1H,2H2,(H,7,8). The van der Waals surface area contributed by atoms with E-state index >= 15 is 0 Å². The lowest BCUT2D eigenvalue weighted by atomic mass is 10.8. The lowest BCUT2D eigenvalue weighted by Crippen LogP contribution is -2.12. The van der Waals surface area contributed by atoms with Gasteiger partial charge in [0.2, 0.25) is 5.96 Å². The van der Waals surface area contributed by atoms with Crippen molar-refractivity contribution in [2.75, 3.05) is 6.54 Å². The second-order valence-electron chi connectivity index (χ2n) is 1.21. The Balaban J connectivity index is 2.49. The fourth-order valence-corrected chi connectivity index (χ4v) is 0.417. The van der Waals surface area contributed by atoms with E-state index in [1.807, 2.05) is 0 Å². The van der Waals surface area contributed by atoms with E-state index < -0.39 is 0 Å². The molecule has 1 aliphatic heterocycles. The van der Waals surface area contributed by atoms with E-state index in [1.54, 1.807) is 12.4 Å². The molecule has 0 saturated carbocycles. The Bertz CT molecular complexity index is 173. The van der Waals surface area contributed by atoms with Crippen LogP contribution in [0.2, 0.25) is 0 Å². The summed E-state index contributed by atoms with van der Waals surface area (Å²) in [5.41, 5.74) is 0. The highest BCUT2D eigenvalue weighted by atomic mass is 15.1. The van der Waals surface area contributed by atoms with Gasteiger partial charge in [-0.15, -0.1) is 0 Å². The monoisotopic (exact) mass is 108 g/mol. The quantitative estimate of drug-likeness (QED) is 0.336. The highest BCUT2D eigenvalue weighted by Crippen LogP contribution is 1.82. The molecule has 0 unspecified atom stereocenters. The van der Waals surface area contributed by atoms with Gasteiger partial charge in [0.1, 0.15) is 0 Å². The molecule has 0 aromatic carbocycles. The topological polar surface area (TPSA) is 60.5 Å². The summed E-state index contributed by atoms with van der Waals surface area (Å²) in [4.78, 5) is 7.50. The minimum Gasteiger partial charge on any atom is -0.261 e. The van der Waals surface area contributed by atoms with E-state index in [1.165, 1.54) is 0 Å². The Hall–Kier alpha value is -1.37. The predicted molar refractivity (Wildman–Crippen MR) is 29.5 cm³/mol. The molecule has 0 atom stereocenters. The zero-order valence-corrected chi connectivity index (χ0v) is 4.13. The summed E-state index contributed by atoms with van der Waals surface area (Å²) < 4.78 is 0. The Labute approximate surface area is 46.6 Å². The third kappa shape index (κ3) is 0.819. The van der Waals surface area contributed by atoms with Crippen molar-refractivity contribution in [3.05, 3.63) is 0 Å². The van der Waals surface area contributed by atoms with Crippen molar-refractivity contribution < 1.29 is 0 Å². The zero-order chi connectivity index (χ0) is 5.82. The highest BCUT2D eigenvalue weighted by Gasteiger charge is 1.95. The highest BCUT2D eigenvalue weighted by molar-refractivity contribution is 5.93. The molecule has 4 nitrogen and oxygen atoms in total. The summed E-state index contributed by atoms with van der Waals surface area (Å²) in [5.74, 6) is 0.410. The van der Waals surface area contributed by atoms with Crippen molar-refractivity contribution in [1.29, 1.82) is 5.26 Å². The number of nitriles is 1.